The highest BCUT2D eigenvalue weighted by Crippen LogP contribution is 2.44. The lowest BCUT2D eigenvalue weighted by Crippen LogP contribution is -2.16. The molecule has 3 rings (SSSR count). The van der Waals surface area contributed by atoms with E-state index in [-0.39, 0.29) is 11.3 Å². The molecule has 1 N–H and O–H groups in total. The molecule has 128 valence electrons. The average molecular weight is 391 g/mol. The third-order valence-electron chi connectivity index (χ3n) is 2.95. The first kappa shape index (κ1) is 17.5. The van der Waals surface area contributed by atoms with Gasteiger partial charge in [0, 0.05) is 5.75 Å². The van der Waals surface area contributed by atoms with Crippen LogP contribution in [0.1, 0.15) is 5.56 Å². The van der Waals surface area contributed by atoms with Gasteiger partial charge in [-0.2, -0.15) is 0 Å². The Bertz CT molecular complexity index is 657. The van der Waals surface area contributed by atoms with E-state index in [1.165, 1.54) is 12.1 Å². The molecule has 0 aromatic heterocycles. The number of halogens is 3. The largest absolute Gasteiger partial charge is 0.573 e. The average Bonchev–Trinajstić information content (AvgIpc) is 2.94. The van der Waals surface area contributed by atoms with Crippen molar-refractivity contribution in [2.45, 2.75) is 17.7 Å². The van der Waals surface area contributed by atoms with Gasteiger partial charge in [0.25, 0.3) is 0 Å². The lowest BCUT2D eigenvalue weighted by molar-refractivity contribution is -0.274. The van der Waals surface area contributed by atoms with Crippen LogP contribution in [-0.4, -0.2) is 11.9 Å². The number of ether oxygens (including phenoxy) is 2. The summed E-state index contributed by atoms with van der Waals surface area (Å²) in [5.41, 5.74) is 1.74. The fraction of sp³-hybridized carbons (Fsp3) is 0.200. The van der Waals surface area contributed by atoms with Gasteiger partial charge < -0.3 is 14.8 Å². The summed E-state index contributed by atoms with van der Waals surface area (Å²) in [5.74, 6) is 1.30. The van der Waals surface area contributed by atoms with Crippen LogP contribution in [0.25, 0.3) is 0 Å². The van der Waals surface area contributed by atoms with Crippen molar-refractivity contribution in [3.05, 3.63) is 54.1 Å². The van der Waals surface area contributed by atoms with Gasteiger partial charge >= 0.3 is 6.36 Å². The molecule has 2 aromatic carbocycles. The van der Waals surface area contributed by atoms with Gasteiger partial charge in [-0.1, -0.05) is 35.1 Å². The first-order valence-electron chi connectivity index (χ1n) is 6.81. The van der Waals surface area contributed by atoms with E-state index in [1.807, 2.05) is 24.3 Å². The van der Waals surface area contributed by atoms with Crippen molar-refractivity contribution in [3.63, 3.8) is 0 Å². The lowest BCUT2D eigenvalue weighted by Gasteiger charge is -2.10. The van der Waals surface area contributed by atoms with Crippen molar-refractivity contribution in [2.24, 2.45) is 0 Å². The number of hydrogen-bond acceptors (Lipinski definition) is 6. The summed E-state index contributed by atoms with van der Waals surface area (Å²) in [6.07, 6.45) is -4.66. The van der Waals surface area contributed by atoms with Gasteiger partial charge in [-0.15, -0.1) is 13.2 Å². The van der Waals surface area contributed by atoms with Crippen LogP contribution in [0, 0.1) is 0 Å². The van der Waals surface area contributed by atoms with Crippen molar-refractivity contribution < 1.29 is 22.6 Å². The molecule has 2 aromatic rings. The molecule has 1 aliphatic heterocycles. The Labute approximate surface area is 148 Å². The molecule has 0 radical (unpaired) electrons. The number of nitrogens with one attached hydrogen (secondary N) is 1. The molecule has 3 nitrogen and oxygen atoms in total. The standard InChI is InChI=1S/C15H12F3NO2S3/c16-15(17,18)21-11-7-5-10(6-8-11)9-22-24-23-14-19-12-3-1-2-4-13(12)20-14/h1-8,14,19H,9H2. The summed E-state index contributed by atoms with van der Waals surface area (Å²) < 4.78 is 45.8. The number of rotatable bonds is 6. The van der Waals surface area contributed by atoms with Gasteiger partial charge in [-0.3, -0.25) is 0 Å². The number of fused-ring (bicyclic) bond motifs is 1. The third-order valence-corrected chi connectivity index (χ3v) is 6.94. The van der Waals surface area contributed by atoms with Gasteiger partial charge in [0.05, 0.1) is 5.69 Å². The Morgan fingerprint density at radius 1 is 1.08 bits per heavy atom. The first-order valence-corrected chi connectivity index (χ1v) is 10.5. The molecule has 0 bridgehead atoms. The molecular weight excluding hydrogens is 379 g/mol. The van der Waals surface area contributed by atoms with Gasteiger partial charge in [-0.05, 0) is 50.4 Å². The molecule has 0 saturated carbocycles. The van der Waals surface area contributed by atoms with E-state index in [1.54, 1.807) is 43.5 Å². The second kappa shape index (κ2) is 7.71. The lowest BCUT2D eigenvalue weighted by atomic mass is 10.2. The zero-order chi connectivity index (χ0) is 17.0. The minimum Gasteiger partial charge on any atom is -0.458 e. The van der Waals surface area contributed by atoms with Crippen LogP contribution in [0.3, 0.4) is 0 Å². The Balaban J connectivity index is 1.38. The van der Waals surface area contributed by atoms with Gasteiger partial charge in [-0.25, -0.2) is 0 Å². The van der Waals surface area contributed by atoms with Crippen LogP contribution in [0.5, 0.6) is 11.5 Å². The number of alkyl halides is 3. The second-order valence-electron chi connectivity index (χ2n) is 4.71. The number of hydrogen-bond donors (Lipinski definition) is 1. The van der Waals surface area contributed by atoms with Crippen LogP contribution in [0.4, 0.5) is 18.9 Å². The molecule has 0 spiro atoms. The van der Waals surface area contributed by atoms with Crippen molar-refractivity contribution in [1.82, 2.24) is 0 Å². The predicted octanol–water partition coefficient (Wildman–Crippen LogP) is 5.90. The monoisotopic (exact) mass is 391 g/mol. The van der Waals surface area contributed by atoms with Crippen molar-refractivity contribution in [2.75, 3.05) is 5.32 Å². The quantitative estimate of drug-likeness (QED) is 0.487. The molecule has 0 fully saturated rings. The molecule has 24 heavy (non-hydrogen) atoms. The molecule has 1 atom stereocenters. The number of anilines is 1. The third kappa shape index (κ3) is 5.09. The summed E-state index contributed by atoms with van der Waals surface area (Å²) in [5, 5.41) is 3.25. The Morgan fingerprint density at radius 2 is 1.83 bits per heavy atom. The predicted molar refractivity (Wildman–Crippen MR) is 94.1 cm³/mol. The molecule has 1 aliphatic rings. The van der Waals surface area contributed by atoms with E-state index in [0.717, 1.165) is 17.0 Å². The molecule has 0 saturated heterocycles. The summed E-state index contributed by atoms with van der Waals surface area (Å²) in [4.78, 5) is 0. The van der Waals surface area contributed by atoms with Crippen LogP contribution in [-0.2, 0) is 5.75 Å². The number of benzene rings is 2. The molecule has 0 aliphatic carbocycles. The minimum absolute atomic E-state index is 0.150. The zero-order valence-electron chi connectivity index (χ0n) is 12.1. The van der Waals surface area contributed by atoms with E-state index in [4.69, 9.17) is 4.74 Å². The van der Waals surface area contributed by atoms with Crippen LogP contribution in [0.2, 0.25) is 0 Å². The van der Waals surface area contributed by atoms with Crippen LogP contribution >= 0.6 is 31.4 Å². The molecule has 0 amide bonds. The van der Waals surface area contributed by atoms with E-state index in [0.29, 0.717) is 5.75 Å². The molecule has 1 heterocycles. The van der Waals surface area contributed by atoms with Crippen LogP contribution < -0.4 is 14.8 Å². The maximum absolute atomic E-state index is 12.1. The van der Waals surface area contributed by atoms with Crippen molar-refractivity contribution in [1.29, 1.82) is 0 Å². The Morgan fingerprint density at radius 3 is 2.54 bits per heavy atom. The summed E-state index contributed by atoms with van der Waals surface area (Å²) in [7, 11) is 4.70. The summed E-state index contributed by atoms with van der Waals surface area (Å²) in [6.45, 7) is 0. The maximum atomic E-state index is 12.1. The van der Waals surface area contributed by atoms with Crippen LogP contribution in [0.15, 0.2) is 48.5 Å². The number of para-hydroxylation sites is 2. The van der Waals surface area contributed by atoms with E-state index in [9.17, 15) is 13.2 Å². The maximum Gasteiger partial charge on any atom is 0.573 e. The first-order chi connectivity index (χ1) is 11.5. The minimum atomic E-state index is -4.66. The Hall–Kier alpha value is -1.32. The zero-order valence-corrected chi connectivity index (χ0v) is 14.5. The summed E-state index contributed by atoms with van der Waals surface area (Å²) >= 11 is 0. The van der Waals surface area contributed by atoms with Gasteiger partial charge in [0.2, 0.25) is 5.56 Å². The normalized spacial score (nSPS) is 16.2. The molecule has 9 heteroatoms. The van der Waals surface area contributed by atoms with E-state index >= 15 is 0 Å². The molecule has 1 unspecified atom stereocenters. The fourth-order valence-corrected chi connectivity index (χ4v) is 5.54. The smallest absolute Gasteiger partial charge is 0.458 e. The van der Waals surface area contributed by atoms with Crippen molar-refractivity contribution >= 4 is 37.1 Å². The summed E-state index contributed by atoms with van der Waals surface area (Å²) in [6, 6.07) is 13.6. The van der Waals surface area contributed by atoms with Crippen molar-refractivity contribution in [3.8, 4) is 11.5 Å². The highest BCUT2D eigenvalue weighted by Gasteiger charge is 2.30. The van der Waals surface area contributed by atoms with E-state index < -0.39 is 6.36 Å². The molecular formula is C15H12F3NO2S3. The Kier molecular flexibility index (Phi) is 5.62. The topological polar surface area (TPSA) is 30.5 Å². The second-order valence-corrected chi connectivity index (χ2v) is 8.91. The van der Waals surface area contributed by atoms with E-state index in [2.05, 4.69) is 10.1 Å². The SMILES string of the molecule is FC(F)(F)Oc1ccc(CSSSC2Nc3ccccc3O2)cc1. The van der Waals surface area contributed by atoms with Gasteiger partial charge in [0.15, 0.2) is 0 Å². The highest BCUT2D eigenvalue weighted by atomic mass is 33.5. The highest BCUT2D eigenvalue weighted by molar-refractivity contribution is 9.09. The fourth-order valence-electron chi connectivity index (χ4n) is 1.95. The van der Waals surface area contributed by atoms with Gasteiger partial charge in [0.1, 0.15) is 11.5 Å².